The predicted octanol–water partition coefficient (Wildman–Crippen LogP) is 3.30. The van der Waals surface area contributed by atoms with Crippen molar-refractivity contribution in [3.05, 3.63) is 35.4 Å². The highest BCUT2D eigenvalue weighted by Crippen LogP contribution is 2.46. The van der Waals surface area contributed by atoms with Crippen molar-refractivity contribution in [3.63, 3.8) is 0 Å². The largest absolute Gasteiger partial charge is 0.298 e. The molecule has 2 bridgehead atoms. The molecule has 21 heavy (non-hydrogen) atoms. The normalized spacial score (nSPS) is 33.7. The summed E-state index contributed by atoms with van der Waals surface area (Å²) in [6.07, 6.45) is 6.07. The van der Waals surface area contributed by atoms with Crippen LogP contribution < -0.4 is 0 Å². The van der Waals surface area contributed by atoms with Gasteiger partial charge in [-0.15, -0.1) is 0 Å². The van der Waals surface area contributed by atoms with Gasteiger partial charge < -0.3 is 0 Å². The second-order valence-corrected chi connectivity index (χ2v) is 7.54. The fraction of sp³-hybridized carbons (Fsp3) is 0.684. The number of rotatable bonds is 3. The fourth-order valence-electron chi connectivity index (χ4n) is 4.86. The Kier molecular flexibility index (Phi) is 3.76. The summed E-state index contributed by atoms with van der Waals surface area (Å²) >= 11 is 0. The van der Waals surface area contributed by atoms with Crippen molar-refractivity contribution in [1.82, 2.24) is 9.80 Å². The number of hydrogen-bond donors (Lipinski definition) is 0. The standard InChI is InChI=1S/C19H28N2/c1-15-2-4-16(5-3-15)14-20-8-10-21(11-9-20)19-13-17-6-7-18(19)12-17/h2-5,17-19H,6-14H2,1H3/t17-,18-,19+/m1/s1. The summed E-state index contributed by atoms with van der Waals surface area (Å²) in [4.78, 5) is 5.45. The molecule has 2 heteroatoms. The first kappa shape index (κ1) is 13.8. The molecule has 3 atom stereocenters. The van der Waals surface area contributed by atoms with E-state index in [0.717, 1.165) is 24.4 Å². The molecule has 0 amide bonds. The molecule has 2 nitrogen and oxygen atoms in total. The second-order valence-electron chi connectivity index (χ2n) is 7.54. The maximum absolute atomic E-state index is 2.81. The zero-order chi connectivity index (χ0) is 14.2. The number of aryl methyl sites for hydroxylation is 1. The van der Waals surface area contributed by atoms with Crippen molar-refractivity contribution in [1.29, 1.82) is 0 Å². The molecule has 1 saturated heterocycles. The van der Waals surface area contributed by atoms with E-state index in [2.05, 4.69) is 41.0 Å². The lowest BCUT2D eigenvalue weighted by Gasteiger charge is -2.41. The van der Waals surface area contributed by atoms with E-state index in [1.807, 2.05) is 0 Å². The third-order valence-electron chi connectivity index (χ3n) is 6.10. The average molecular weight is 284 g/mol. The first-order chi connectivity index (χ1) is 10.3. The summed E-state index contributed by atoms with van der Waals surface area (Å²) in [6, 6.07) is 9.99. The van der Waals surface area contributed by atoms with E-state index in [-0.39, 0.29) is 0 Å². The van der Waals surface area contributed by atoms with Crippen molar-refractivity contribution in [2.24, 2.45) is 11.8 Å². The summed E-state index contributed by atoms with van der Waals surface area (Å²) in [5.74, 6) is 2.12. The van der Waals surface area contributed by atoms with Gasteiger partial charge in [0.2, 0.25) is 0 Å². The van der Waals surface area contributed by atoms with E-state index in [4.69, 9.17) is 0 Å². The van der Waals surface area contributed by atoms with Gasteiger partial charge in [-0.25, -0.2) is 0 Å². The monoisotopic (exact) mass is 284 g/mol. The Morgan fingerprint density at radius 3 is 2.33 bits per heavy atom. The van der Waals surface area contributed by atoms with Crippen LogP contribution in [0.2, 0.25) is 0 Å². The Balaban J connectivity index is 1.29. The number of nitrogens with zero attached hydrogens (tertiary/aromatic N) is 2. The summed E-state index contributed by atoms with van der Waals surface area (Å²) in [5, 5.41) is 0. The smallest absolute Gasteiger partial charge is 0.0234 e. The van der Waals surface area contributed by atoms with E-state index in [1.165, 1.54) is 63.0 Å². The third-order valence-corrected chi connectivity index (χ3v) is 6.10. The highest BCUT2D eigenvalue weighted by atomic mass is 15.3. The topological polar surface area (TPSA) is 6.48 Å². The minimum atomic E-state index is 0.935. The van der Waals surface area contributed by atoms with E-state index >= 15 is 0 Å². The third kappa shape index (κ3) is 2.89. The van der Waals surface area contributed by atoms with Gasteiger partial charge in [0.15, 0.2) is 0 Å². The summed E-state index contributed by atoms with van der Waals surface area (Å²) < 4.78 is 0. The molecule has 0 N–H and O–H groups in total. The van der Waals surface area contributed by atoms with Crippen molar-refractivity contribution in [3.8, 4) is 0 Å². The molecule has 1 heterocycles. The molecule has 2 saturated carbocycles. The van der Waals surface area contributed by atoms with Crippen molar-refractivity contribution < 1.29 is 0 Å². The van der Waals surface area contributed by atoms with Gasteiger partial charge in [-0.1, -0.05) is 36.2 Å². The summed E-state index contributed by atoms with van der Waals surface area (Å²) in [7, 11) is 0. The minimum absolute atomic E-state index is 0.935. The van der Waals surface area contributed by atoms with Crippen LogP contribution >= 0.6 is 0 Å². The predicted molar refractivity (Wildman–Crippen MR) is 87.3 cm³/mol. The number of fused-ring (bicyclic) bond motifs is 2. The first-order valence-electron chi connectivity index (χ1n) is 8.80. The van der Waals surface area contributed by atoms with Crippen LogP contribution in [0.25, 0.3) is 0 Å². The number of hydrogen-bond acceptors (Lipinski definition) is 2. The van der Waals surface area contributed by atoms with Gasteiger partial charge in [-0.2, -0.15) is 0 Å². The average Bonchev–Trinajstić information content (AvgIpc) is 3.13. The SMILES string of the molecule is Cc1ccc(CN2CCN([C@H]3C[C@@H]4CC[C@@H]3C4)CC2)cc1. The van der Waals surface area contributed by atoms with E-state index < -0.39 is 0 Å². The number of benzene rings is 1. The van der Waals surface area contributed by atoms with Crippen molar-refractivity contribution in [2.45, 2.75) is 45.2 Å². The lowest BCUT2D eigenvalue weighted by Crippen LogP contribution is -2.51. The molecule has 1 aromatic rings. The molecule has 1 aliphatic heterocycles. The van der Waals surface area contributed by atoms with E-state index in [1.54, 1.807) is 0 Å². The zero-order valence-electron chi connectivity index (χ0n) is 13.3. The maximum atomic E-state index is 2.81. The van der Waals surface area contributed by atoms with Crippen LogP contribution in [0.15, 0.2) is 24.3 Å². The van der Waals surface area contributed by atoms with Crippen LogP contribution in [0, 0.1) is 18.8 Å². The molecule has 0 radical (unpaired) electrons. The number of piperazine rings is 1. The van der Waals surface area contributed by atoms with Crippen LogP contribution in [0.1, 0.15) is 36.8 Å². The van der Waals surface area contributed by atoms with Crippen molar-refractivity contribution in [2.75, 3.05) is 26.2 Å². The molecule has 0 aromatic heterocycles. The zero-order valence-corrected chi connectivity index (χ0v) is 13.3. The first-order valence-corrected chi connectivity index (χ1v) is 8.80. The van der Waals surface area contributed by atoms with E-state index in [9.17, 15) is 0 Å². The van der Waals surface area contributed by atoms with Crippen LogP contribution in [0.4, 0.5) is 0 Å². The Bertz CT molecular complexity index is 473. The molecule has 3 fully saturated rings. The molecular formula is C19H28N2. The van der Waals surface area contributed by atoms with Crippen LogP contribution in [-0.4, -0.2) is 42.0 Å². The lowest BCUT2D eigenvalue weighted by atomic mass is 9.93. The quantitative estimate of drug-likeness (QED) is 0.840. The highest BCUT2D eigenvalue weighted by molar-refractivity contribution is 5.21. The molecule has 4 rings (SSSR count). The highest BCUT2D eigenvalue weighted by Gasteiger charge is 2.42. The maximum Gasteiger partial charge on any atom is 0.0234 e. The molecule has 0 spiro atoms. The molecule has 3 aliphatic rings. The molecular weight excluding hydrogens is 256 g/mol. The van der Waals surface area contributed by atoms with Crippen molar-refractivity contribution >= 4 is 0 Å². The molecule has 114 valence electrons. The van der Waals surface area contributed by atoms with Gasteiger partial charge in [0.05, 0.1) is 0 Å². The fourth-order valence-corrected chi connectivity index (χ4v) is 4.86. The van der Waals surface area contributed by atoms with Crippen LogP contribution in [0.3, 0.4) is 0 Å². The van der Waals surface area contributed by atoms with Gasteiger partial charge in [-0.05, 0) is 43.6 Å². The van der Waals surface area contributed by atoms with Gasteiger partial charge in [-0.3, -0.25) is 9.80 Å². The van der Waals surface area contributed by atoms with Gasteiger partial charge in [0.1, 0.15) is 0 Å². The summed E-state index contributed by atoms with van der Waals surface area (Å²) in [6.45, 7) is 8.38. The molecule has 1 aromatic carbocycles. The summed E-state index contributed by atoms with van der Waals surface area (Å²) in [5.41, 5.74) is 2.83. The van der Waals surface area contributed by atoms with E-state index in [0.29, 0.717) is 0 Å². The lowest BCUT2D eigenvalue weighted by molar-refractivity contribution is 0.0679. The van der Waals surface area contributed by atoms with Gasteiger partial charge in [0, 0.05) is 38.8 Å². The Hall–Kier alpha value is -0.860. The Morgan fingerprint density at radius 2 is 1.71 bits per heavy atom. The van der Waals surface area contributed by atoms with Crippen LogP contribution in [-0.2, 0) is 6.54 Å². The molecule has 0 unspecified atom stereocenters. The van der Waals surface area contributed by atoms with Crippen LogP contribution in [0.5, 0.6) is 0 Å². The second kappa shape index (κ2) is 5.73. The Labute approximate surface area is 129 Å². The van der Waals surface area contributed by atoms with Gasteiger partial charge in [0.25, 0.3) is 0 Å². The minimum Gasteiger partial charge on any atom is -0.298 e. The molecule has 2 aliphatic carbocycles. The van der Waals surface area contributed by atoms with Gasteiger partial charge >= 0.3 is 0 Å². The Morgan fingerprint density at radius 1 is 0.952 bits per heavy atom.